The normalized spacial score (nSPS) is 25.1. The smallest absolute Gasteiger partial charge is 0.256 e. The van der Waals surface area contributed by atoms with Gasteiger partial charge in [-0.2, -0.15) is 0 Å². The van der Waals surface area contributed by atoms with Crippen molar-refractivity contribution in [3.05, 3.63) is 35.4 Å². The van der Waals surface area contributed by atoms with Crippen molar-refractivity contribution in [1.29, 1.82) is 0 Å². The number of rotatable bonds is 4. The number of amides is 2. The topological polar surface area (TPSA) is 72.9 Å². The van der Waals surface area contributed by atoms with Gasteiger partial charge in [0, 0.05) is 45.7 Å². The Hall–Kier alpha value is -2.06. The van der Waals surface area contributed by atoms with Crippen LogP contribution in [0.1, 0.15) is 24.8 Å². The molecular formula is C18H23F2N3O3. The van der Waals surface area contributed by atoms with E-state index >= 15 is 0 Å². The number of likely N-dealkylation sites (tertiary alicyclic amines) is 1. The number of nitrogens with one attached hydrogen (secondary N) is 1. The number of nitrogens with zero attached hydrogens (tertiary/aromatic N) is 2. The van der Waals surface area contributed by atoms with Crippen molar-refractivity contribution >= 4 is 11.8 Å². The van der Waals surface area contributed by atoms with Crippen LogP contribution in [-0.4, -0.2) is 65.0 Å². The summed E-state index contributed by atoms with van der Waals surface area (Å²) in [5.74, 6) is -2.32. The fraction of sp³-hybridized carbons (Fsp3) is 0.556. The highest BCUT2D eigenvalue weighted by molar-refractivity contribution is 5.86. The molecule has 26 heavy (non-hydrogen) atoms. The van der Waals surface area contributed by atoms with Crippen LogP contribution in [0.2, 0.25) is 0 Å². The molecule has 0 saturated carbocycles. The number of carbonyl (C=O) groups excluding carboxylic acids is 2. The zero-order chi connectivity index (χ0) is 18.7. The fourth-order valence-corrected chi connectivity index (χ4v) is 3.56. The van der Waals surface area contributed by atoms with Crippen LogP contribution in [0.3, 0.4) is 0 Å². The highest BCUT2D eigenvalue weighted by atomic mass is 19.2. The van der Waals surface area contributed by atoms with E-state index in [1.54, 1.807) is 0 Å². The van der Waals surface area contributed by atoms with E-state index in [0.717, 1.165) is 12.1 Å². The minimum Gasteiger partial charge on any atom is -0.379 e. The number of halogens is 2. The molecule has 2 aliphatic rings. The van der Waals surface area contributed by atoms with Crippen LogP contribution >= 0.6 is 0 Å². The van der Waals surface area contributed by atoms with Gasteiger partial charge in [0.05, 0.1) is 0 Å². The molecule has 0 radical (unpaired) electrons. The van der Waals surface area contributed by atoms with Crippen LogP contribution < -0.4 is 5.32 Å². The van der Waals surface area contributed by atoms with E-state index in [4.69, 9.17) is 0 Å². The predicted molar refractivity (Wildman–Crippen MR) is 90.0 cm³/mol. The van der Waals surface area contributed by atoms with Gasteiger partial charge < -0.3 is 15.3 Å². The first-order chi connectivity index (χ1) is 12.4. The third-order valence-corrected chi connectivity index (χ3v) is 4.95. The summed E-state index contributed by atoms with van der Waals surface area (Å²) in [5, 5.41) is 13.7. The van der Waals surface area contributed by atoms with Crippen molar-refractivity contribution in [2.75, 3.05) is 32.7 Å². The Labute approximate surface area is 150 Å². The zero-order valence-electron chi connectivity index (χ0n) is 14.5. The van der Waals surface area contributed by atoms with Gasteiger partial charge in [0.25, 0.3) is 5.91 Å². The maximum absolute atomic E-state index is 13.4. The summed E-state index contributed by atoms with van der Waals surface area (Å²) >= 11 is 0. The molecule has 2 N–H and O–H groups in total. The van der Waals surface area contributed by atoms with Crippen molar-refractivity contribution < 1.29 is 23.5 Å². The van der Waals surface area contributed by atoms with Crippen LogP contribution in [0.15, 0.2) is 18.2 Å². The number of hydrogen-bond acceptors (Lipinski definition) is 4. The molecule has 0 spiro atoms. The molecule has 2 fully saturated rings. The third-order valence-electron chi connectivity index (χ3n) is 4.95. The molecular weight excluding hydrogens is 344 g/mol. The molecule has 8 heteroatoms. The van der Waals surface area contributed by atoms with Gasteiger partial charge in [-0.05, 0) is 30.5 Å². The van der Waals surface area contributed by atoms with E-state index in [1.807, 2.05) is 4.90 Å². The summed E-state index contributed by atoms with van der Waals surface area (Å²) in [6.45, 7) is 2.30. The Bertz CT molecular complexity index is 700. The molecule has 1 aromatic carbocycles. The Kier molecular flexibility index (Phi) is 5.52. The molecule has 0 bridgehead atoms. The molecule has 3 rings (SSSR count). The summed E-state index contributed by atoms with van der Waals surface area (Å²) in [5.41, 5.74) is -1.05. The van der Waals surface area contributed by atoms with Crippen molar-refractivity contribution in [2.24, 2.45) is 0 Å². The van der Waals surface area contributed by atoms with Crippen molar-refractivity contribution in [2.45, 2.75) is 31.4 Å². The average Bonchev–Trinajstić information content (AvgIpc) is 2.80. The quantitative estimate of drug-likeness (QED) is 0.819. The first-order valence-corrected chi connectivity index (χ1v) is 8.82. The van der Waals surface area contributed by atoms with Crippen LogP contribution in [0.5, 0.6) is 0 Å². The molecule has 142 valence electrons. The SMILES string of the molecule is O=C1CCN(C[C@]2(O)CCCN(Cc3ccc(F)c(F)c3)C2=O)CCN1. The number of β-amino-alcohol motifs (C(OH)–C–C–N with tert-alkyl or cyclic N) is 1. The molecule has 2 heterocycles. The lowest BCUT2D eigenvalue weighted by Crippen LogP contribution is -2.58. The number of piperidine rings is 1. The average molecular weight is 367 g/mol. The fourth-order valence-electron chi connectivity index (χ4n) is 3.56. The Morgan fingerprint density at radius 2 is 1.96 bits per heavy atom. The Morgan fingerprint density at radius 3 is 2.73 bits per heavy atom. The second-order valence-electron chi connectivity index (χ2n) is 6.99. The molecule has 0 unspecified atom stereocenters. The first kappa shape index (κ1) is 18.7. The van der Waals surface area contributed by atoms with E-state index in [9.17, 15) is 23.5 Å². The van der Waals surface area contributed by atoms with Gasteiger partial charge in [-0.15, -0.1) is 0 Å². The summed E-state index contributed by atoms with van der Waals surface area (Å²) in [7, 11) is 0. The largest absolute Gasteiger partial charge is 0.379 e. The Balaban J connectivity index is 1.67. The highest BCUT2D eigenvalue weighted by Crippen LogP contribution is 2.26. The minimum absolute atomic E-state index is 0.0329. The lowest BCUT2D eigenvalue weighted by molar-refractivity contribution is -0.160. The van der Waals surface area contributed by atoms with Gasteiger partial charge in [0.15, 0.2) is 17.2 Å². The third kappa shape index (κ3) is 4.19. The Morgan fingerprint density at radius 1 is 1.15 bits per heavy atom. The molecule has 2 saturated heterocycles. The van der Waals surface area contributed by atoms with Gasteiger partial charge in [-0.25, -0.2) is 8.78 Å². The molecule has 0 aromatic heterocycles. The number of aliphatic hydroxyl groups is 1. The second kappa shape index (κ2) is 7.67. The number of benzene rings is 1. The number of carbonyl (C=O) groups is 2. The van der Waals surface area contributed by atoms with Gasteiger partial charge >= 0.3 is 0 Å². The minimum atomic E-state index is -1.52. The van der Waals surface area contributed by atoms with Crippen molar-refractivity contribution in [3.63, 3.8) is 0 Å². The van der Waals surface area contributed by atoms with Gasteiger partial charge in [0.1, 0.15) is 0 Å². The van der Waals surface area contributed by atoms with Gasteiger partial charge in [-0.3, -0.25) is 14.5 Å². The van der Waals surface area contributed by atoms with Gasteiger partial charge in [-0.1, -0.05) is 6.07 Å². The number of hydrogen-bond donors (Lipinski definition) is 2. The maximum atomic E-state index is 13.4. The summed E-state index contributed by atoms with van der Waals surface area (Å²) in [6.07, 6.45) is 1.30. The van der Waals surface area contributed by atoms with Crippen LogP contribution in [0.25, 0.3) is 0 Å². The molecule has 1 aromatic rings. The van der Waals surface area contributed by atoms with Crippen LogP contribution in [-0.2, 0) is 16.1 Å². The second-order valence-corrected chi connectivity index (χ2v) is 6.99. The van der Waals surface area contributed by atoms with Gasteiger partial charge in [0.2, 0.25) is 5.91 Å². The zero-order valence-corrected chi connectivity index (χ0v) is 14.5. The molecule has 1 atom stereocenters. The lowest BCUT2D eigenvalue weighted by Gasteiger charge is -2.40. The van der Waals surface area contributed by atoms with E-state index in [0.29, 0.717) is 51.0 Å². The van der Waals surface area contributed by atoms with Crippen molar-refractivity contribution in [3.8, 4) is 0 Å². The molecule has 6 nitrogen and oxygen atoms in total. The monoisotopic (exact) mass is 367 g/mol. The molecule has 0 aliphatic carbocycles. The molecule has 2 aliphatic heterocycles. The van der Waals surface area contributed by atoms with E-state index in [2.05, 4.69) is 5.32 Å². The van der Waals surface area contributed by atoms with E-state index < -0.39 is 23.1 Å². The summed E-state index contributed by atoms with van der Waals surface area (Å²) in [6, 6.07) is 3.54. The lowest BCUT2D eigenvalue weighted by atomic mass is 9.90. The predicted octanol–water partition coefficient (Wildman–Crippen LogP) is 0.640. The highest BCUT2D eigenvalue weighted by Gasteiger charge is 2.43. The van der Waals surface area contributed by atoms with Crippen LogP contribution in [0, 0.1) is 11.6 Å². The maximum Gasteiger partial charge on any atom is 0.256 e. The van der Waals surface area contributed by atoms with E-state index in [1.165, 1.54) is 11.0 Å². The van der Waals surface area contributed by atoms with E-state index in [-0.39, 0.29) is 19.0 Å². The molecule has 2 amide bonds. The summed E-state index contributed by atoms with van der Waals surface area (Å²) in [4.78, 5) is 27.7. The summed E-state index contributed by atoms with van der Waals surface area (Å²) < 4.78 is 26.5. The van der Waals surface area contributed by atoms with Crippen molar-refractivity contribution in [1.82, 2.24) is 15.1 Å². The first-order valence-electron chi connectivity index (χ1n) is 8.82. The standard InChI is InChI=1S/C18H23F2N3O3/c19-14-3-2-13(10-15(14)20)11-23-7-1-5-18(26,17(23)25)12-22-8-4-16(24)21-6-9-22/h2-3,10,26H,1,4-9,11-12H2,(H,21,24)/t18-/m1/s1. The van der Waals surface area contributed by atoms with Crippen LogP contribution in [0.4, 0.5) is 8.78 Å².